The van der Waals surface area contributed by atoms with Gasteiger partial charge in [0.1, 0.15) is 11.6 Å². The van der Waals surface area contributed by atoms with Crippen LogP contribution >= 0.6 is 15.9 Å². The lowest BCUT2D eigenvalue weighted by atomic mass is 10.1. The molecule has 0 aliphatic rings. The maximum absolute atomic E-state index is 13.5. The van der Waals surface area contributed by atoms with Crippen LogP contribution in [0.15, 0.2) is 46.9 Å². The molecule has 98 valence electrons. The van der Waals surface area contributed by atoms with Crippen LogP contribution in [-0.4, -0.2) is 5.91 Å². The first-order chi connectivity index (χ1) is 9.06. The summed E-state index contributed by atoms with van der Waals surface area (Å²) in [4.78, 5) is 11.7. The summed E-state index contributed by atoms with van der Waals surface area (Å²) < 4.78 is 27.5. The SMILES string of the molecule is O=C(Cc1cc(Br)ccc1F)Nc1ccccc1F. The molecular formula is C14H10BrF2NO. The largest absolute Gasteiger partial charge is 0.323 e. The van der Waals surface area contributed by atoms with Crippen molar-refractivity contribution in [1.29, 1.82) is 0 Å². The second-order valence-electron chi connectivity index (χ2n) is 3.94. The Balaban J connectivity index is 2.10. The molecule has 1 N–H and O–H groups in total. The van der Waals surface area contributed by atoms with Gasteiger partial charge in [0.25, 0.3) is 0 Å². The highest BCUT2D eigenvalue weighted by Gasteiger charge is 2.10. The minimum atomic E-state index is -0.523. The van der Waals surface area contributed by atoms with E-state index in [0.717, 1.165) is 0 Å². The summed E-state index contributed by atoms with van der Waals surface area (Å²) >= 11 is 3.21. The van der Waals surface area contributed by atoms with Crippen LogP contribution in [0.5, 0.6) is 0 Å². The molecule has 0 aromatic heterocycles. The number of para-hydroxylation sites is 1. The lowest BCUT2D eigenvalue weighted by Gasteiger charge is -2.07. The van der Waals surface area contributed by atoms with E-state index < -0.39 is 17.5 Å². The Morgan fingerprint density at radius 2 is 1.84 bits per heavy atom. The van der Waals surface area contributed by atoms with Crippen LogP contribution in [0.1, 0.15) is 5.56 Å². The standard InChI is InChI=1S/C14H10BrF2NO/c15-10-5-6-11(16)9(7-10)8-14(19)18-13-4-2-1-3-12(13)17/h1-7H,8H2,(H,18,19). The monoisotopic (exact) mass is 325 g/mol. The van der Waals surface area contributed by atoms with E-state index in [1.54, 1.807) is 12.1 Å². The van der Waals surface area contributed by atoms with Gasteiger partial charge in [-0.2, -0.15) is 0 Å². The number of halogens is 3. The molecule has 2 nitrogen and oxygen atoms in total. The predicted octanol–water partition coefficient (Wildman–Crippen LogP) is 3.91. The van der Waals surface area contributed by atoms with Gasteiger partial charge in [0.05, 0.1) is 12.1 Å². The molecule has 0 radical (unpaired) electrons. The summed E-state index contributed by atoms with van der Waals surface area (Å²) in [6.07, 6.45) is -0.153. The topological polar surface area (TPSA) is 29.1 Å². The molecule has 0 spiro atoms. The Morgan fingerprint density at radius 1 is 1.11 bits per heavy atom. The fraction of sp³-hybridized carbons (Fsp3) is 0.0714. The maximum Gasteiger partial charge on any atom is 0.228 e. The van der Waals surface area contributed by atoms with Gasteiger partial charge >= 0.3 is 0 Å². The van der Waals surface area contributed by atoms with E-state index in [2.05, 4.69) is 21.2 Å². The molecule has 19 heavy (non-hydrogen) atoms. The third-order valence-electron chi connectivity index (χ3n) is 2.51. The number of anilines is 1. The number of nitrogens with one attached hydrogen (secondary N) is 1. The fourth-order valence-electron chi connectivity index (χ4n) is 1.61. The Morgan fingerprint density at radius 3 is 2.58 bits per heavy atom. The summed E-state index contributed by atoms with van der Waals surface area (Å²) in [5.74, 6) is -1.46. The van der Waals surface area contributed by atoms with Gasteiger partial charge in [0, 0.05) is 4.47 Å². The highest BCUT2D eigenvalue weighted by Crippen LogP contribution is 2.17. The zero-order valence-electron chi connectivity index (χ0n) is 9.79. The number of hydrogen-bond donors (Lipinski definition) is 1. The zero-order chi connectivity index (χ0) is 13.8. The average Bonchev–Trinajstić information content (AvgIpc) is 2.37. The Bertz CT molecular complexity index is 616. The van der Waals surface area contributed by atoms with Crippen molar-refractivity contribution in [3.63, 3.8) is 0 Å². The third kappa shape index (κ3) is 3.61. The summed E-state index contributed by atoms with van der Waals surface area (Å²) in [5.41, 5.74) is 0.339. The van der Waals surface area contributed by atoms with E-state index >= 15 is 0 Å². The van der Waals surface area contributed by atoms with Crippen LogP contribution in [0.2, 0.25) is 0 Å². The van der Waals surface area contributed by atoms with Gasteiger partial charge in [-0.15, -0.1) is 0 Å². The molecule has 0 atom stereocenters. The number of carbonyl (C=O) groups excluding carboxylic acids is 1. The molecule has 2 aromatic carbocycles. The summed E-state index contributed by atoms with van der Waals surface area (Å²) in [5, 5.41) is 2.41. The first-order valence-electron chi connectivity index (χ1n) is 5.54. The minimum absolute atomic E-state index is 0.0860. The van der Waals surface area contributed by atoms with Crippen LogP contribution in [0.25, 0.3) is 0 Å². The van der Waals surface area contributed by atoms with Gasteiger partial charge in [0.15, 0.2) is 0 Å². The van der Waals surface area contributed by atoms with Gasteiger partial charge in [0.2, 0.25) is 5.91 Å². The molecule has 0 fully saturated rings. The Labute approximate surface area is 117 Å². The second-order valence-corrected chi connectivity index (χ2v) is 4.86. The van der Waals surface area contributed by atoms with Crippen molar-refractivity contribution in [2.24, 2.45) is 0 Å². The second kappa shape index (κ2) is 5.93. The van der Waals surface area contributed by atoms with Crippen LogP contribution in [0.4, 0.5) is 14.5 Å². The summed E-state index contributed by atoms with van der Waals surface area (Å²) in [6.45, 7) is 0. The Kier molecular flexibility index (Phi) is 4.27. The molecule has 2 aromatic rings. The van der Waals surface area contributed by atoms with E-state index in [4.69, 9.17) is 0 Å². The van der Waals surface area contributed by atoms with E-state index in [0.29, 0.717) is 4.47 Å². The van der Waals surface area contributed by atoms with Crippen LogP contribution < -0.4 is 5.32 Å². The third-order valence-corrected chi connectivity index (χ3v) is 3.00. The van der Waals surface area contributed by atoms with Gasteiger partial charge in [-0.3, -0.25) is 4.79 Å². The minimum Gasteiger partial charge on any atom is -0.323 e. The smallest absolute Gasteiger partial charge is 0.228 e. The lowest BCUT2D eigenvalue weighted by molar-refractivity contribution is -0.115. The molecular weight excluding hydrogens is 316 g/mol. The van der Waals surface area contributed by atoms with Gasteiger partial charge in [-0.1, -0.05) is 28.1 Å². The first kappa shape index (κ1) is 13.7. The van der Waals surface area contributed by atoms with Crippen molar-refractivity contribution >= 4 is 27.5 Å². The molecule has 0 saturated heterocycles. The van der Waals surface area contributed by atoms with Gasteiger partial charge < -0.3 is 5.32 Å². The quantitative estimate of drug-likeness (QED) is 0.910. The molecule has 0 aliphatic carbocycles. The van der Waals surface area contributed by atoms with Gasteiger partial charge in [-0.05, 0) is 35.9 Å². The number of amides is 1. The maximum atomic E-state index is 13.5. The van der Waals surface area contributed by atoms with Crippen molar-refractivity contribution in [3.8, 4) is 0 Å². The van der Waals surface area contributed by atoms with Crippen LogP contribution in [-0.2, 0) is 11.2 Å². The van der Waals surface area contributed by atoms with E-state index in [-0.39, 0.29) is 17.7 Å². The molecule has 2 rings (SSSR count). The van der Waals surface area contributed by atoms with Crippen molar-refractivity contribution < 1.29 is 13.6 Å². The van der Waals surface area contributed by atoms with E-state index in [9.17, 15) is 13.6 Å². The number of carbonyl (C=O) groups is 1. The normalized spacial score (nSPS) is 10.3. The number of rotatable bonds is 3. The number of hydrogen-bond acceptors (Lipinski definition) is 1. The van der Waals surface area contributed by atoms with Crippen molar-refractivity contribution in [1.82, 2.24) is 0 Å². The van der Waals surface area contributed by atoms with Crippen molar-refractivity contribution in [3.05, 3.63) is 64.1 Å². The lowest BCUT2D eigenvalue weighted by Crippen LogP contribution is -2.16. The average molecular weight is 326 g/mol. The van der Waals surface area contributed by atoms with Crippen molar-refractivity contribution in [2.45, 2.75) is 6.42 Å². The van der Waals surface area contributed by atoms with Crippen LogP contribution in [0, 0.1) is 11.6 Å². The summed E-state index contributed by atoms with van der Waals surface area (Å²) in [6, 6.07) is 10.2. The zero-order valence-corrected chi connectivity index (χ0v) is 11.4. The number of benzene rings is 2. The van der Waals surface area contributed by atoms with E-state index in [1.807, 2.05) is 0 Å². The fourth-order valence-corrected chi connectivity index (χ4v) is 2.02. The molecule has 1 amide bonds. The predicted molar refractivity (Wildman–Crippen MR) is 72.8 cm³/mol. The molecule has 5 heteroatoms. The molecule has 0 unspecified atom stereocenters. The molecule has 0 heterocycles. The van der Waals surface area contributed by atoms with E-state index in [1.165, 1.54) is 30.3 Å². The molecule has 0 saturated carbocycles. The Hall–Kier alpha value is -1.75. The summed E-state index contributed by atoms with van der Waals surface area (Å²) in [7, 11) is 0. The van der Waals surface area contributed by atoms with Crippen LogP contribution in [0.3, 0.4) is 0 Å². The van der Waals surface area contributed by atoms with Gasteiger partial charge in [-0.25, -0.2) is 8.78 Å². The first-order valence-corrected chi connectivity index (χ1v) is 6.34. The van der Waals surface area contributed by atoms with Crippen molar-refractivity contribution in [2.75, 3.05) is 5.32 Å². The molecule has 0 bridgehead atoms. The highest BCUT2D eigenvalue weighted by molar-refractivity contribution is 9.10. The molecule has 0 aliphatic heterocycles. The highest BCUT2D eigenvalue weighted by atomic mass is 79.9.